The minimum Gasteiger partial charge on any atom is -0.384 e. The van der Waals surface area contributed by atoms with Gasteiger partial charge in [-0.25, -0.2) is 0 Å². The Hall–Kier alpha value is -1.51. The SMILES string of the molecule is CCCNc1ccc(C)cc1C(=O)N(CCC)CC1CC1. The highest BCUT2D eigenvalue weighted by Gasteiger charge is 2.27. The Labute approximate surface area is 128 Å². The van der Waals surface area contributed by atoms with E-state index in [-0.39, 0.29) is 5.91 Å². The second-order valence-electron chi connectivity index (χ2n) is 6.17. The molecule has 0 aliphatic heterocycles. The number of rotatable bonds is 8. The van der Waals surface area contributed by atoms with Crippen molar-refractivity contribution in [3.05, 3.63) is 29.3 Å². The summed E-state index contributed by atoms with van der Waals surface area (Å²) in [6.45, 7) is 9.01. The summed E-state index contributed by atoms with van der Waals surface area (Å²) in [4.78, 5) is 15.0. The lowest BCUT2D eigenvalue weighted by molar-refractivity contribution is 0.0748. The smallest absolute Gasteiger partial charge is 0.255 e. The molecule has 1 fully saturated rings. The first-order chi connectivity index (χ1) is 10.2. The minimum atomic E-state index is 0.186. The maximum atomic E-state index is 12.9. The number of hydrogen-bond acceptors (Lipinski definition) is 2. The summed E-state index contributed by atoms with van der Waals surface area (Å²) in [6, 6.07) is 6.13. The van der Waals surface area contributed by atoms with Gasteiger partial charge in [0, 0.05) is 25.3 Å². The average Bonchev–Trinajstić information content (AvgIpc) is 3.29. The maximum absolute atomic E-state index is 12.9. The van der Waals surface area contributed by atoms with E-state index >= 15 is 0 Å². The first-order valence-corrected chi connectivity index (χ1v) is 8.29. The molecule has 0 atom stereocenters. The summed E-state index contributed by atoms with van der Waals surface area (Å²) in [5.41, 5.74) is 2.95. The molecule has 3 nitrogen and oxygen atoms in total. The van der Waals surface area contributed by atoms with Crippen LogP contribution in [0.15, 0.2) is 18.2 Å². The lowest BCUT2D eigenvalue weighted by Gasteiger charge is -2.24. The summed E-state index contributed by atoms with van der Waals surface area (Å²) in [5.74, 6) is 0.920. The number of benzene rings is 1. The molecule has 0 spiro atoms. The topological polar surface area (TPSA) is 32.3 Å². The largest absolute Gasteiger partial charge is 0.384 e. The van der Waals surface area contributed by atoms with Crippen LogP contribution in [0.3, 0.4) is 0 Å². The zero-order valence-corrected chi connectivity index (χ0v) is 13.6. The molecule has 1 amide bonds. The Morgan fingerprint density at radius 3 is 2.67 bits per heavy atom. The van der Waals surface area contributed by atoms with Gasteiger partial charge in [0.15, 0.2) is 0 Å². The van der Waals surface area contributed by atoms with Gasteiger partial charge in [-0.05, 0) is 50.7 Å². The van der Waals surface area contributed by atoms with Gasteiger partial charge in [0.25, 0.3) is 5.91 Å². The Balaban J connectivity index is 2.19. The van der Waals surface area contributed by atoms with E-state index < -0.39 is 0 Å². The van der Waals surface area contributed by atoms with Crippen molar-refractivity contribution in [2.24, 2.45) is 5.92 Å². The van der Waals surface area contributed by atoms with E-state index in [1.165, 1.54) is 12.8 Å². The van der Waals surface area contributed by atoms with Crippen LogP contribution < -0.4 is 5.32 Å². The minimum absolute atomic E-state index is 0.186. The van der Waals surface area contributed by atoms with Crippen LogP contribution in [0.5, 0.6) is 0 Å². The fourth-order valence-corrected chi connectivity index (χ4v) is 2.58. The zero-order chi connectivity index (χ0) is 15.2. The summed E-state index contributed by atoms with van der Waals surface area (Å²) in [6.07, 6.45) is 4.63. The van der Waals surface area contributed by atoms with Crippen molar-refractivity contribution >= 4 is 11.6 Å². The number of hydrogen-bond donors (Lipinski definition) is 1. The molecule has 3 heteroatoms. The Kier molecular flexibility index (Phi) is 5.66. The van der Waals surface area contributed by atoms with Crippen molar-refractivity contribution < 1.29 is 4.79 Å². The van der Waals surface area contributed by atoms with E-state index in [4.69, 9.17) is 0 Å². The Morgan fingerprint density at radius 1 is 1.29 bits per heavy atom. The molecule has 0 bridgehead atoms. The van der Waals surface area contributed by atoms with Crippen LogP contribution in [0.1, 0.15) is 55.5 Å². The van der Waals surface area contributed by atoms with E-state index in [1.807, 2.05) is 24.0 Å². The van der Waals surface area contributed by atoms with Crippen molar-refractivity contribution in [2.75, 3.05) is 25.0 Å². The lowest BCUT2D eigenvalue weighted by Crippen LogP contribution is -2.34. The van der Waals surface area contributed by atoms with Crippen LogP contribution in [-0.4, -0.2) is 30.4 Å². The molecule has 21 heavy (non-hydrogen) atoms. The molecule has 1 aromatic rings. The van der Waals surface area contributed by atoms with Gasteiger partial charge in [0.2, 0.25) is 0 Å². The van der Waals surface area contributed by atoms with Crippen molar-refractivity contribution in [1.82, 2.24) is 4.90 Å². The normalized spacial score (nSPS) is 14.0. The molecule has 1 aromatic carbocycles. The monoisotopic (exact) mass is 288 g/mol. The number of nitrogens with zero attached hydrogens (tertiary/aromatic N) is 1. The van der Waals surface area contributed by atoms with E-state index in [9.17, 15) is 4.79 Å². The lowest BCUT2D eigenvalue weighted by atomic mass is 10.1. The molecule has 1 aliphatic rings. The van der Waals surface area contributed by atoms with Crippen LogP contribution in [-0.2, 0) is 0 Å². The van der Waals surface area contributed by atoms with Crippen LogP contribution in [0.25, 0.3) is 0 Å². The van der Waals surface area contributed by atoms with Gasteiger partial charge < -0.3 is 10.2 Å². The van der Waals surface area contributed by atoms with Crippen molar-refractivity contribution in [1.29, 1.82) is 0 Å². The maximum Gasteiger partial charge on any atom is 0.255 e. The first kappa shape index (κ1) is 15.9. The van der Waals surface area contributed by atoms with E-state index in [1.54, 1.807) is 0 Å². The van der Waals surface area contributed by atoms with Gasteiger partial charge in [-0.1, -0.05) is 25.5 Å². The second-order valence-corrected chi connectivity index (χ2v) is 6.17. The first-order valence-electron chi connectivity index (χ1n) is 8.29. The zero-order valence-electron chi connectivity index (χ0n) is 13.6. The van der Waals surface area contributed by atoms with Gasteiger partial charge in [-0.2, -0.15) is 0 Å². The Morgan fingerprint density at radius 2 is 2.05 bits per heavy atom. The van der Waals surface area contributed by atoms with Crippen molar-refractivity contribution in [3.63, 3.8) is 0 Å². The third-order valence-corrected chi connectivity index (χ3v) is 3.93. The van der Waals surface area contributed by atoms with Crippen LogP contribution in [0.2, 0.25) is 0 Å². The second kappa shape index (κ2) is 7.48. The molecular formula is C18H28N2O. The summed E-state index contributed by atoms with van der Waals surface area (Å²) < 4.78 is 0. The van der Waals surface area contributed by atoms with Gasteiger partial charge in [-0.3, -0.25) is 4.79 Å². The van der Waals surface area contributed by atoms with Crippen molar-refractivity contribution in [3.8, 4) is 0 Å². The van der Waals surface area contributed by atoms with Gasteiger partial charge >= 0.3 is 0 Å². The summed E-state index contributed by atoms with van der Waals surface area (Å²) >= 11 is 0. The number of nitrogens with one attached hydrogen (secondary N) is 1. The molecule has 116 valence electrons. The summed E-state index contributed by atoms with van der Waals surface area (Å²) in [7, 11) is 0. The third-order valence-electron chi connectivity index (χ3n) is 3.93. The molecule has 1 aliphatic carbocycles. The highest BCUT2D eigenvalue weighted by Crippen LogP contribution is 2.31. The number of aryl methyl sites for hydroxylation is 1. The molecule has 0 saturated heterocycles. The molecule has 0 aromatic heterocycles. The van der Waals surface area contributed by atoms with Gasteiger partial charge in [0.05, 0.1) is 5.56 Å². The Bertz CT molecular complexity index is 480. The molecule has 2 rings (SSSR count). The fraction of sp³-hybridized carbons (Fsp3) is 0.611. The van der Waals surface area contributed by atoms with Crippen molar-refractivity contribution in [2.45, 2.75) is 46.5 Å². The van der Waals surface area contributed by atoms with Crippen LogP contribution in [0.4, 0.5) is 5.69 Å². The van der Waals surface area contributed by atoms with Gasteiger partial charge in [0.1, 0.15) is 0 Å². The fourth-order valence-electron chi connectivity index (χ4n) is 2.58. The highest BCUT2D eigenvalue weighted by atomic mass is 16.2. The average molecular weight is 288 g/mol. The van der Waals surface area contributed by atoms with E-state index in [0.29, 0.717) is 0 Å². The molecular weight excluding hydrogens is 260 g/mol. The summed E-state index contributed by atoms with van der Waals surface area (Å²) in [5, 5.41) is 3.39. The van der Waals surface area contributed by atoms with E-state index in [2.05, 4.69) is 25.2 Å². The molecule has 1 saturated carbocycles. The van der Waals surface area contributed by atoms with E-state index in [0.717, 1.165) is 55.2 Å². The number of anilines is 1. The number of carbonyl (C=O) groups excluding carboxylic acids is 1. The molecule has 0 heterocycles. The van der Waals surface area contributed by atoms with Gasteiger partial charge in [-0.15, -0.1) is 0 Å². The molecule has 0 radical (unpaired) electrons. The molecule has 1 N–H and O–H groups in total. The standard InChI is InChI=1S/C18H28N2O/c1-4-10-19-17-9-6-14(3)12-16(17)18(21)20(11-5-2)13-15-7-8-15/h6,9,12,15,19H,4-5,7-8,10-11,13H2,1-3H3. The van der Waals surface area contributed by atoms with Crippen LogP contribution >= 0.6 is 0 Å². The predicted molar refractivity (Wildman–Crippen MR) is 88.9 cm³/mol. The number of carbonyl (C=O) groups is 1. The van der Waals surface area contributed by atoms with Crippen LogP contribution in [0, 0.1) is 12.8 Å². The number of amides is 1. The quantitative estimate of drug-likeness (QED) is 0.781. The predicted octanol–water partition coefficient (Wildman–Crippen LogP) is 4.08. The molecule has 0 unspecified atom stereocenters. The third kappa shape index (κ3) is 4.48. The highest BCUT2D eigenvalue weighted by molar-refractivity contribution is 5.99.